The molecule has 3 aliphatic carbocycles. The molecule has 2 bridgehead atoms. The second-order valence-electron chi connectivity index (χ2n) is 8.47. The first-order chi connectivity index (χ1) is 14.4. The highest BCUT2D eigenvalue weighted by Gasteiger charge is 2.42. The number of halogens is 3. The Morgan fingerprint density at radius 2 is 1.70 bits per heavy atom. The van der Waals surface area contributed by atoms with Gasteiger partial charge in [-0.1, -0.05) is 17.3 Å². The average Bonchev–Trinajstić information content (AvgIpc) is 3.42. The van der Waals surface area contributed by atoms with Crippen LogP contribution in [0.5, 0.6) is 5.75 Å². The van der Waals surface area contributed by atoms with Crippen molar-refractivity contribution in [1.82, 2.24) is 5.16 Å². The fraction of sp³-hybridized carbons (Fsp3) is 0.545. The van der Waals surface area contributed by atoms with Crippen molar-refractivity contribution in [3.63, 3.8) is 0 Å². The molecule has 3 aliphatic rings. The number of aromatic nitrogens is 1. The summed E-state index contributed by atoms with van der Waals surface area (Å²) in [6, 6.07) is 5.93. The fourth-order valence-electron chi connectivity index (χ4n) is 4.77. The van der Waals surface area contributed by atoms with Crippen LogP contribution in [-0.4, -0.2) is 23.4 Å². The summed E-state index contributed by atoms with van der Waals surface area (Å²) >= 11 is 0. The van der Waals surface area contributed by atoms with Gasteiger partial charge in [-0.3, -0.25) is 4.79 Å². The average molecular weight is 421 g/mol. The number of benzene rings is 1. The number of fused-ring (bicyclic) bond motifs is 2. The van der Waals surface area contributed by atoms with Crippen LogP contribution in [0, 0.1) is 11.8 Å². The highest BCUT2D eigenvalue weighted by Crippen LogP contribution is 2.46. The quantitative estimate of drug-likeness (QED) is 0.626. The molecule has 160 valence electrons. The number of alkyl halides is 3. The van der Waals surface area contributed by atoms with Gasteiger partial charge in [-0.15, -0.1) is 13.2 Å². The number of hydrogen-bond donors (Lipinski definition) is 0. The SMILES string of the molecule is O=C1[C@@H]2CC[C@H]1C[C@@H](OCc1c(-c3ccccc3OC(F)(F)F)noc1C1CC1)C2. The summed E-state index contributed by atoms with van der Waals surface area (Å²) in [5.41, 5.74) is 1.23. The van der Waals surface area contributed by atoms with E-state index in [0.29, 0.717) is 35.6 Å². The molecular formula is C22H22F3NO4. The molecule has 0 N–H and O–H groups in total. The minimum Gasteiger partial charge on any atom is -0.405 e. The maximum Gasteiger partial charge on any atom is 0.573 e. The molecule has 5 nitrogen and oxygen atoms in total. The minimum absolute atomic E-state index is 0.0309. The summed E-state index contributed by atoms with van der Waals surface area (Å²) < 4.78 is 54.5. The molecule has 8 heteroatoms. The van der Waals surface area contributed by atoms with Crippen LogP contribution in [0.4, 0.5) is 13.2 Å². The molecule has 0 radical (unpaired) electrons. The van der Waals surface area contributed by atoms with E-state index in [9.17, 15) is 18.0 Å². The highest BCUT2D eigenvalue weighted by atomic mass is 19.4. The molecule has 0 spiro atoms. The van der Waals surface area contributed by atoms with E-state index in [4.69, 9.17) is 9.26 Å². The maximum atomic E-state index is 12.9. The Morgan fingerprint density at radius 3 is 2.37 bits per heavy atom. The molecular weight excluding hydrogens is 399 g/mol. The Morgan fingerprint density at radius 1 is 1.03 bits per heavy atom. The molecule has 1 aromatic heterocycles. The molecule has 1 heterocycles. The third-order valence-corrected chi connectivity index (χ3v) is 6.36. The summed E-state index contributed by atoms with van der Waals surface area (Å²) in [7, 11) is 0. The van der Waals surface area contributed by atoms with Crippen molar-refractivity contribution < 1.29 is 32.0 Å². The lowest BCUT2D eigenvalue weighted by Gasteiger charge is -2.26. The molecule has 0 unspecified atom stereocenters. The van der Waals surface area contributed by atoms with Crippen LogP contribution < -0.4 is 4.74 Å². The number of rotatable bonds is 6. The summed E-state index contributed by atoms with van der Waals surface area (Å²) in [5.74, 6) is 1.12. The van der Waals surface area contributed by atoms with Gasteiger partial charge in [0.1, 0.15) is 23.0 Å². The number of ether oxygens (including phenoxy) is 2. The first-order valence-corrected chi connectivity index (χ1v) is 10.4. The van der Waals surface area contributed by atoms with Crippen LogP contribution in [0.2, 0.25) is 0 Å². The predicted octanol–water partition coefficient (Wildman–Crippen LogP) is 5.39. The van der Waals surface area contributed by atoms with E-state index in [-0.39, 0.29) is 41.8 Å². The number of nitrogens with zero attached hydrogens (tertiary/aromatic N) is 1. The van der Waals surface area contributed by atoms with Gasteiger partial charge in [-0.2, -0.15) is 0 Å². The lowest BCUT2D eigenvalue weighted by molar-refractivity contribution is -0.274. The summed E-state index contributed by atoms with van der Waals surface area (Å²) in [4.78, 5) is 12.1. The number of carbonyl (C=O) groups is 1. The number of hydrogen-bond acceptors (Lipinski definition) is 5. The smallest absolute Gasteiger partial charge is 0.405 e. The molecule has 0 aliphatic heterocycles. The van der Waals surface area contributed by atoms with Gasteiger partial charge < -0.3 is 14.0 Å². The Kier molecular flexibility index (Phi) is 4.84. The van der Waals surface area contributed by atoms with Crippen LogP contribution in [0.3, 0.4) is 0 Å². The highest BCUT2D eigenvalue weighted by molar-refractivity contribution is 5.86. The van der Waals surface area contributed by atoms with Crippen LogP contribution in [0.1, 0.15) is 55.8 Å². The monoisotopic (exact) mass is 421 g/mol. The third kappa shape index (κ3) is 3.85. The van der Waals surface area contributed by atoms with Gasteiger partial charge in [0.05, 0.1) is 12.7 Å². The third-order valence-electron chi connectivity index (χ3n) is 6.36. The standard InChI is InChI=1S/C22H22F3NO4/c23-22(24,25)29-18-4-2-1-3-16(18)19-17(21(30-26-19)12-5-6-12)11-28-15-9-13-7-8-14(10-15)20(13)27/h1-4,12-15H,5-11H2/t13-,14+,15+. The Labute approximate surface area is 171 Å². The summed E-state index contributed by atoms with van der Waals surface area (Å²) in [6.07, 6.45) is 0.370. The first kappa shape index (κ1) is 19.6. The van der Waals surface area contributed by atoms with E-state index in [1.807, 2.05) is 0 Å². The molecule has 0 saturated heterocycles. The molecule has 0 amide bonds. The van der Waals surface area contributed by atoms with Crippen molar-refractivity contribution in [2.75, 3.05) is 0 Å². The van der Waals surface area contributed by atoms with E-state index < -0.39 is 6.36 Å². The van der Waals surface area contributed by atoms with Crippen molar-refractivity contribution in [2.24, 2.45) is 11.8 Å². The van der Waals surface area contributed by atoms with Crippen molar-refractivity contribution in [2.45, 2.75) is 63.5 Å². The Hall–Kier alpha value is -2.35. The van der Waals surface area contributed by atoms with Gasteiger partial charge in [0.25, 0.3) is 0 Å². The largest absolute Gasteiger partial charge is 0.573 e. The van der Waals surface area contributed by atoms with Crippen molar-refractivity contribution in [1.29, 1.82) is 0 Å². The van der Waals surface area contributed by atoms with Gasteiger partial charge in [0, 0.05) is 28.9 Å². The van der Waals surface area contributed by atoms with Crippen LogP contribution >= 0.6 is 0 Å². The zero-order valence-corrected chi connectivity index (χ0v) is 16.3. The zero-order chi connectivity index (χ0) is 20.9. The predicted molar refractivity (Wildman–Crippen MR) is 99.6 cm³/mol. The van der Waals surface area contributed by atoms with Gasteiger partial charge in [-0.25, -0.2) is 0 Å². The Balaban J connectivity index is 1.41. The topological polar surface area (TPSA) is 61.6 Å². The summed E-state index contributed by atoms with van der Waals surface area (Å²) in [6.45, 7) is 0.198. The van der Waals surface area contributed by atoms with Gasteiger partial charge in [-0.05, 0) is 50.7 Å². The van der Waals surface area contributed by atoms with E-state index >= 15 is 0 Å². The molecule has 30 heavy (non-hydrogen) atoms. The molecule has 3 atom stereocenters. The summed E-state index contributed by atoms with van der Waals surface area (Å²) in [5, 5.41) is 4.10. The lowest BCUT2D eigenvalue weighted by Crippen LogP contribution is -2.31. The first-order valence-electron chi connectivity index (χ1n) is 10.4. The van der Waals surface area contributed by atoms with Gasteiger partial charge >= 0.3 is 6.36 Å². The fourth-order valence-corrected chi connectivity index (χ4v) is 4.77. The normalized spacial score (nSPS) is 26.2. The number of para-hydroxylation sites is 1. The van der Waals surface area contributed by atoms with E-state index in [0.717, 1.165) is 25.7 Å². The minimum atomic E-state index is -4.80. The van der Waals surface area contributed by atoms with Crippen molar-refractivity contribution in [3.8, 4) is 17.0 Å². The Bertz CT molecular complexity index is 934. The maximum absolute atomic E-state index is 12.9. The van der Waals surface area contributed by atoms with E-state index in [2.05, 4.69) is 9.89 Å². The second-order valence-corrected chi connectivity index (χ2v) is 8.47. The molecule has 3 saturated carbocycles. The molecule has 3 fully saturated rings. The number of carbonyl (C=O) groups excluding carboxylic acids is 1. The van der Waals surface area contributed by atoms with Crippen LogP contribution in [0.25, 0.3) is 11.3 Å². The van der Waals surface area contributed by atoms with Gasteiger partial charge in [0.15, 0.2) is 0 Å². The van der Waals surface area contributed by atoms with Gasteiger partial charge in [0.2, 0.25) is 0 Å². The van der Waals surface area contributed by atoms with Crippen LogP contribution in [-0.2, 0) is 16.1 Å². The lowest BCUT2D eigenvalue weighted by atomic mass is 9.86. The van der Waals surface area contributed by atoms with Crippen LogP contribution in [0.15, 0.2) is 28.8 Å². The van der Waals surface area contributed by atoms with E-state index in [1.54, 1.807) is 12.1 Å². The van der Waals surface area contributed by atoms with Crippen molar-refractivity contribution >= 4 is 5.78 Å². The van der Waals surface area contributed by atoms with Crippen molar-refractivity contribution in [3.05, 3.63) is 35.6 Å². The molecule has 2 aromatic rings. The second kappa shape index (κ2) is 7.41. The molecule has 1 aromatic carbocycles. The molecule has 5 rings (SSSR count). The number of ketones is 1. The van der Waals surface area contributed by atoms with E-state index in [1.165, 1.54) is 12.1 Å². The zero-order valence-electron chi connectivity index (χ0n) is 16.3. The number of Topliss-reactive ketones (excluding diaryl/α,β-unsaturated/α-hetero) is 1.